The Balaban J connectivity index is 1.93. The highest BCUT2D eigenvalue weighted by Gasteiger charge is 2.37. The smallest absolute Gasteiger partial charge is 0.329 e. The summed E-state index contributed by atoms with van der Waals surface area (Å²) in [6.07, 6.45) is -3.26. The zero-order valence-corrected chi connectivity index (χ0v) is 13.5. The van der Waals surface area contributed by atoms with E-state index in [0.717, 1.165) is 6.92 Å². The van der Waals surface area contributed by atoms with Gasteiger partial charge in [-0.25, -0.2) is 13.8 Å². The van der Waals surface area contributed by atoms with Crippen molar-refractivity contribution >= 4 is 11.0 Å². The van der Waals surface area contributed by atoms with Crippen LogP contribution < -0.4 is 5.56 Å². The highest BCUT2D eigenvalue weighted by molar-refractivity contribution is 5.75. The van der Waals surface area contributed by atoms with Gasteiger partial charge in [-0.2, -0.15) is 13.2 Å². The van der Waals surface area contributed by atoms with Gasteiger partial charge in [-0.05, 0) is 18.9 Å². The van der Waals surface area contributed by atoms with Crippen LogP contribution in [0, 0.1) is 5.92 Å². The van der Waals surface area contributed by atoms with Crippen molar-refractivity contribution in [3.63, 3.8) is 0 Å². The van der Waals surface area contributed by atoms with E-state index in [1.165, 1.54) is 6.07 Å². The van der Waals surface area contributed by atoms with Gasteiger partial charge in [0.2, 0.25) is 5.92 Å². The van der Waals surface area contributed by atoms with Gasteiger partial charge in [-0.15, -0.1) is 0 Å². The Hall–Kier alpha value is -1.93. The van der Waals surface area contributed by atoms with Crippen molar-refractivity contribution < 1.29 is 22.0 Å². The molecule has 0 spiro atoms. The summed E-state index contributed by atoms with van der Waals surface area (Å²) in [6, 6.07) is 1.28. The fourth-order valence-electron chi connectivity index (χ4n) is 3.19. The van der Waals surface area contributed by atoms with Gasteiger partial charge >= 0.3 is 6.18 Å². The van der Waals surface area contributed by atoms with Crippen molar-refractivity contribution in [2.75, 3.05) is 0 Å². The maximum Gasteiger partial charge on any atom is 0.391 e. The first-order valence-corrected chi connectivity index (χ1v) is 8.11. The van der Waals surface area contributed by atoms with E-state index in [-0.39, 0.29) is 48.6 Å². The molecule has 25 heavy (non-hydrogen) atoms. The quantitative estimate of drug-likeness (QED) is 0.831. The van der Waals surface area contributed by atoms with Crippen LogP contribution in [-0.4, -0.2) is 26.6 Å². The van der Waals surface area contributed by atoms with Crippen LogP contribution in [0.3, 0.4) is 0 Å². The predicted octanol–water partition coefficient (Wildman–Crippen LogP) is 4.22. The Morgan fingerprint density at radius 3 is 2.60 bits per heavy atom. The summed E-state index contributed by atoms with van der Waals surface area (Å²) in [7, 11) is 0. The van der Waals surface area contributed by atoms with E-state index in [2.05, 4.69) is 9.97 Å². The standard InChI is InChI=1S/C16H18F5N3O/c1-9(16(19,20)21)8-12-22-13-11(14(25)23-12)4-7-24(13)10-2-5-15(17,18)6-3-10/h4,7,9-10H,2-3,5-6,8H2,1H3,(H,22,23,25). The van der Waals surface area contributed by atoms with Crippen molar-refractivity contribution in [1.29, 1.82) is 0 Å². The Morgan fingerprint density at radius 2 is 2.00 bits per heavy atom. The summed E-state index contributed by atoms with van der Waals surface area (Å²) in [5.74, 6) is -4.38. The molecule has 0 amide bonds. The van der Waals surface area contributed by atoms with E-state index >= 15 is 0 Å². The number of hydrogen-bond donors (Lipinski definition) is 1. The number of aromatic amines is 1. The lowest BCUT2D eigenvalue weighted by Crippen LogP contribution is -2.27. The number of aromatic nitrogens is 3. The molecule has 2 heterocycles. The molecule has 1 unspecified atom stereocenters. The summed E-state index contributed by atoms with van der Waals surface area (Å²) in [4.78, 5) is 18.7. The zero-order chi connectivity index (χ0) is 18.4. The highest BCUT2D eigenvalue weighted by Crippen LogP contribution is 2.39. The average molecular weight is 363 g/mol. The highest BCUT2D eigenvalue weighted by atomic mass is 19.4. The Labute approximate surface area is 140 Å². The second kappa shape index (κ2) is 6.10. The summed E-state index contributed by atoms with van der Waals surface area (Å²) in [6.45, 7) is 1.02. The zero-order valence-electron chi connectivity index (χ0n) is 13.5. The van der Waals surface area contributed by atoms with Crippen LogP contribution in [-0.2, 0) is 6.42 Å². The van der Waals surface area contributed by atoms with E-state index < -0.39 is 30.0 Å². The minimum atomic E-state index is -4.38. The molecule has 1 aliphatic rings. The SMILES string of the molecule is CC(Cc1nc2c(ccn2C2CCC(F)(F)CC2)c(=O)[nH]1)C(F)(F)F. The Morgan fingerprint density at radius 1 is 1.36 bits per heavy atom. The fourth-order valence-corrected chi connectivity index (χ4v) is 3.19. The molecule has 0 bridgehead atoms. The fraction of sp³-hybridized carbons (Fsp3) is 0.625. The van der Waals surface area contributed by atoms with Crippen LogP contribution in [0.1, 0.15) is 44.5 Å². The summed E-state index contributed by atoms with van der Waals surface area (Å²) in [5, 5.41) is 0.251. The van der Waals surface area contributed by atoms with Crippen molar-refractivity contribution in [3.8, 4) is 0 Å². The molecule has 1 atom stereocenters. The molecule has 1 saturated carbocycles. The summed E-state index contributed by atoms with van der Waals surface area (Å²) >= 11 is 0. The maximum absolute atomic E-state index is 13.3. The molecule has 0 aliphatic heterocycles. The second-order valence-electron chi connectivity index (χ2n) is 6.71. The molecule has 1 N–H and O–H groups in total. The van der Waals surface area contributed by atoms with Crippen LogP contribution in [0.4, 0.5) is 22.0 Å². The first-order valence-electron chi connectivity index (χ1n) is 8.11. The predicted molar refractivity (Wildman–Crippen MR) is 81.7 cm³/mol. The molecule has 1 fully saturated rings. The molecule has 2 aromatic rings. The molecular formula is C16H18F5N3O. The largest absolute Gasteiger partial charge is 0.391 e. The third-order valence-electron chi connectivity index (χ3n) is 4.77. The lowest BCUT2D eigenvalue weighted by atomic mass is 9.92. The van der Waals surface area contributed by atoms with Gasteiger partial charge in [0, 0.05) is 31.5 Å². The van der Waals surface area contributed by atoms with Crippen molar-refractivity contribution in [1.82, 2.24) is 14.5 Å². The molecular weight excluding hydrogens is 345 g/mol. The van der Waals surface area contributed by atoms with Gasteiger partial charge in [-0.3, -0.25) is 4.79 Å². The minimum Gasteiger partial charge on any atom is -0.329 e. The molecule has 138 valence electrons. The molecule has 0 aromatic carbocycles. The van der Waals surface area contributed by atoms with E-state index in [4.69, 9.17) is 0 Å². The van der Waals surface area contributed by atoms with E-state index in [9.17, 15) is 26.7 Å². The third-order valence-corrected chi connectivity index (χ3v) is 4.77. The van der Waals surface area contributed by atoms with Crippen LogP contribution in [0.15, 0.2) is 17.1 Å². The minimum absolute atomic E-state index is 0.0524. The molecule has 0 saturated heterocycles. The average Bonchev–Trinajstić information content (AvgIpc) is 2.90. The van der Waals surface area contributed by atoms with Crippen LogP contribution >= 0.6 is 0 Å². The summed E-state index contributed by atoms with van der Waals surface area (Å²) < 4.78 is 66.5. The maximum atomic E-state index is 13.3. The van der Waals surface area contributed by atoms with Crippen molar-refractivity contribution in [3.05, 3.63) is 28.4 Å². The van der Waals surface area contributed by atoms with E-state index in [1.54, 1.807) is 10.8 Å². The van der Waals surface area contributed by atoms with E-state index in [1.807, 2.05) is 0 Å². The number of hydrogen-bond acceptors (Lipinski definition) is 2. The first-order chi connectivity index (χ1) is 11.6. The lowest BCUT2D eigenvalue weighted by Gasteiger charge is -2.29. The number of fused-ring (bicyclic) bond motifs is 1. The number of halogens is 5. The normalized spacial score (nSPS) is 20.1. The number of H-pyrrole nitrogens is 1. The molecule has 0 radical (unpaired) electrons. The number of nitrogens with one attached hydrogen (secondary N) is 1. The lowest BCUT2D eigenvalue weighted by molar-refractivity contribution is -0.169. The molecule has 1 aliphatic carbocycles. The molecule has 9 heteroatoms. The van der Waals surface area contributed by atoms with Crippen molar-refractivity contribution in [2.24, 2.45) is 5.92 Å². The van der Waals surface area contributed by atoms with Crippen molar-refractivity contribution in [2.45, 2.75) is 57.2 Å². The van der Waals surface area contributed by atoms with Gasteiger partial charge in [0.25, 0.3) is 5.56 Å². The molecule has 2 aromatic heterocycles. The third kappa shape index (κ3) is 3.69. The van der Waals surface area contributed by atoms with Gasteiger partial charge in [0.1, 0.15) is 11.5 Å². The molecule has 3 rings (SSSR count). The number of nitrogens with zero attached hydrogens (tertiary/aromatic N) is 2. The number of rotatable bonds is 3. The van der Waals surface area contributed by atoms with Crippen LogP contribution in [0.25, 0.3) is 11.0 Å². The van der Waals surface area contributed by atoms with Crippen LogP contribution in [0.5, 0.6) is 0 Å². The summed E-state index contributed by atoms with van der Waals surface area (Å²) in [5.41, 5.74) is -0.266. The van der Waals surface area contributed by atoms with Crippen LogP contribution in [0.2, 0.25) is 0 Å². The number of alkyl halides is 5. The Bertz CT molecular complexity index is 813. The molecule has 4 nitrogen and oxygen atoms in total. The van der Waals surface area contributed by atoms with Gasteiger partial charge < -0.3 is 9.55 Å². The Kier molecular flexibility index (Phi) is 4.36. The first kappa shape index (κ1) is 17.9. The van der Waals surface area contributed by atoms with Gasteiger partial charge in [-0.1, -0.05) is 6.92 Å². The topological polar surface area (TPSA) is 50.7 Å². The van der Waals surface area contributed by atoms with E-state index in [0.29, 0.717) is 0 Å². The van der Waals surface area contributed by atoms with Gasteiger partial charge in [0.05, 0.1) is 11.3 Å². The van der Waals surface area contributed by atoms with Gasteiger partial charge in [0.15, 0.2) is 0 Å². The second-order valence-corrected chi connectivity index (χ2v) is 6.71. The monoisotopic (exact) mass is 363 g/mol.